The topological polar surface area (TPSA) is 52.0 Å². The lowest BCUT2D eigenvalue weighted by atomic mass is 10.3. The van der Waals surface area contributed by atoms with Crippen molar-refractivity contribution in [2.45, 2.75) is 25.9 Å². The molecule has 0 radical (unpaired) electrons. The van der Waals surface area contributed by atoms with Crippen molar-refractivity contribution in [2.75, 3.05) is 19.8 Å². The van der Waals surface area contributed by atoms with Crippen molar-refractivity contribution < 1.29 is 4.74 Å². The van der Waals surface area contributed by atoms with E-state index in [2.05, 4.69) is 22.3 Å². The molecule has 2 rings (SSSR count). The first-order valence-electron chi connectivity index (χ1n) is 5.08. The van der Waals surface area contributed by atoms with E-state index in [1.54, 1.807) is 6.33 Å². The van der Waals surface area contributed by atoms with E-state index in [0.717, 1.165) is 38.5 Å². The summed E-state index contributed by atoms with van der Waals surface area (Å²) >= 11 is 0. The minimum atomic E-state index is 0.381. The molecule has 0 bridgehead atoms. The van der Waals surface area contributed by atoms with E-state index >= 15 is 0 Å². The lowest BCUT2D eigenvalue weighted by molar-refractivity contribution is 0.183. The van der Waals surface area contributed by atoms with Gasteiger partial charge in [0.05, 0.1) is 19.2 Å². The van der Waals surface area contributed by atoms with Gasteiger partial charge in [-0.05, 0) is 13.0 Å². The molecule has 1 aliphatic rings. The molecule has 1 atom stereocenters. The maximum Gasteiger partial charge on any atom is 0.141 e. The molecular weight excluding hydrogens is 180 g/mol. The van der Waals surface area contributed by atoms with Gasteiger partial charge in [-0.3, -0.25) is 0 Å². The molecule has 0 saturated carbocycles. The summed E-state index contributed by atoms with van der Waals surface area (Å²) < 4.78 is 7.31. The molecule has 1 unspecified atom stereocenters. The Morgan fingerprint density at radius 2 is 2.64 bits per heavy atom. The standard InChI is InChI=1S/C9H16N4O/c1-2-10-5-9-11-7-12-13(9)8-3-4-14-6-8/h7-8,10H,2-6H2,1H3. The fourth-order valence-corrected chi connectivity index (χ4v) is 1.66. The van der Waals surface area contributed by atoms with E-state index in [1.165, 1.54) is 0 Å². The number of aromatic nitrogens is 3. The largest absolute Gasteiger partial charge is 0.379 e. The van der Waals surface area contributed by atoms with Crippen LogP contribution in [0.3, 0.4) is 0 Å². The molecule has 1 saturated heterocycles. The van der Waals surface area contributed by atoms with Gasteiger partial charge >= 0.3 is 0 Å². The molecule has 0 spiro atoms. The molecule has 1 aromatic heterocycles. The number of rotatable bonds is 4. The predicted molar refractivity (Wildman–Crippen MR) is 51.9 cm³/mol. The summed E-state index contributed by atoms with van der Waals surface area (Å²) in [5.41, 5.74) is 0. The second-order valence-electron chi connectivity index (χ2n) is 3.42. The van der Waals surface area contributed by atoms with Gasteiger partial charge in [-0.1, -0.05) is 6.92 Å². The third-order valence-electron chi connectivity index (χ3n) is 2.43. The van der Waals surface area contributed by atoms with Gasteiger partial charge < -0.3 is 10.1 Å². The van der Waals surface area contributed by atoms with Gasteiger partial charge in [0.2, 0.25) is 0 Å². The zero-order valence-corrected chi connectivity index (χ0v) is 8.44. The van der Waals surface area contributed by atoms with Gasteiger partial charge in [0.15, 0.2) is 0 Å². The minimum absolute atomic E-state index is 0.381. The molecule has 1 N–H and O–H groups in total. The zero-order chi connectivity index (χ0) is 9.80. The molecule has 78 valence electrons. The average molecular weight is 196 g/mol. The predicted octanol–water partition coefficient (Wildman–Crippen LogP) is 0.349. The van der Waals surface area contributed by atoms with Crippen LogP contribution in [0.1, 0.15) is 25.2 Å². The van der Waals surface area contributed by atoms with Crippen molar-refractivity contribution in [3.05, 3.63) is 12.2 Å². The summed E-state index contributed by atoms with van der Waals surface area (Å²) in [5.74, 6) is 1.00. The van der Waals surface area contributed by atoms with Crippen molar-refractivity contribution >= 4 is 0 Å². The highest BCUT2D eigenvalue weighted by atomic mass is 16.5. The van der Waals surface area contributed by atoms with Crippen LogP contribution in [0.15, 0.2) is 6.33 Å². The first-order valence-corrected chi connectivity index (χ1v) is 5.08. The molecule has 14 heavy (non-hydrogen) atoms. The number of nitrogens with one attached hydrogen (secondary N) is 1. The second kappa shape index (κ2) is 4.52. The van der Waals surface area contributed by atoms with Crippen LogP contribution >= 0.6 is 0 Å². The maximum atomic E-state index is 5.33. The van der Waals surface area contributed by atoms with Gasteiger partial charge in [0.25, 0.3) is 0 Å². The third-order valence-corrected chi connectivity index (χ3v) is 2.43. The van der Waals surface area contributed by atoms with Gasteiger partial charge in [-0.25, -0.2) is 9.67 Å². The van der Waals surface area contributed by atoms with Crippen LogP contribution in [0.25, 0.3) is 0 Å². The van der Waals surface area contributed by atoms with Gasteiger partial charge in [-0.2, -0.15) is 5.10 Å². The molecule has 0 aliphatic carbocycles. The van der Waals surface area contributed by atoms with Crippen LogP contribution in [0.2, 0.25) is 0 Å². The van der Waals surface area contributed by atoms with Crippen LogP contribution in [0.4, 0.5) is 0 Å². The maximum absolute atomic E-state index is 5.33. The zero-order valence-electron chi connectivity index (χ0n) is 8.44. The summed E-state index contributed by atoms with van der Waals surface area (Å²) in [7, 11) is 0. The monoisotopic (exact) mass is 196 g/mol. The van der Waals surface area contributed by atoms with Gasteiger partial charge in [-0.15, -0.1) is 0 Å². The number of hydrogen-bond acceptors (Lipinski definition) is 4. The quantitative estimate of drug-likeness (QED) is 0.755. The highest BCUT2D eigenvalue weighted by molar-refractivity contribution is 4.88. The van der Waals surface area contributed by atoms with Gasteiger partial charge in [0, 0.05) is 6.61 Å². The normalized spacial score (nSPS) is 21.6. The smallest absolute Gasteiger partial charge is 0.141 e. The number of nitrogens with zero attached hydrogens (tertiary/aromatic N) is 3. The molecule has 2 heterocycles. The number of hydrogen-bond donors (Lipinski definition) is 1. The van der Waals surface area contributed by atoms with Crippen molar-refractivity contribution in [1.82, 2.24) is 20.1 Å². The third kappa shape index (κ3) is 1.93. The molecule has 1 aromatic rings. The summed E-state index contributed by atoms with van der Waals surface area (Å²) in [6.45, 7) is 5.42. The highest BCUT2D eigenvalue weighted by Crippen LogP contribution is 2.18. The highest BCUT2D eigenvalue weighted by Gasteiger charge is 2.20. The minimum Gasteiger partial charge on any atom is -0.379 e. The Balaban J connectivity index is 2.04. The van der Waals surface area contributed by atoms with Crippen LogP contribution < -0.4 is 5.32 Å². The molecule has 5 nitrogen and oxygen atoms in total. The van der Waals surface area contributed by atoms with E-state index in [1.807, 2.05) is 4.68 Å². The fraction of sp³-hybridized carbons (Fsp3) is 0.778. The number of ether oxygens (including phenoxy) is 1. The van der Waals surface area contributed by atoms with Crippen molar-refractivity contribution in [2.24, 2.45) is 0 Å². The van der Waals surface area contributed by atoms with Crippen LogP contribution in [-0.4, -0.2) is 34.5 Å². The molecule has 5 heteroatoms. The Morgan fingerprint density at radius 1 is 1.71 bits per heavy atom. The average Bonchev–Trinajstić information content (AvgIpc) is 2.84. The molecular formula is C9H16N4O. The van der Waals surface area contributed by atoms with E-state index in [0.29, 0.717) is 6.04 Å². The van der Waals surface area contributed by atoms with E-state index in [9.17, 15) is 0 Å². The fourth-order valence-electron chi connectivity index (χ4n) is 1.66. The first-order chi connectivity index (χ1) is 6.92. The van der Waals surface area contributed by atoms with Crippen LogP contribution in [0.5, 0.6) is 0 Å². The van der Waals surface area contributed by atoms with E-state index in [4.69, 9.17) is 4.74 Å². The van der Waals surface area contributed by atoms with Crippen molar-refractivity contribution in [1.29, 1.82) is 0 Å². The lowest BCUT2D eigenvalue weighted by Crippen LogP contribution is -2.20. The van der Waals surface area contributed by atoms with Crippen molar-refractivity contribution in [3.63, 3.8) is 0 Å². The van der Waals surface area contributed by atoms with Crippen LogP contribution in [0, 0.1) is 0 Å². The lowest BCUT2D eigenvalue weighted by Gasteiger charge is -2.11. The SMILES string of the molecule is CCNCc1ncnn1C1CCOC1. The Kier molecular flexibility index (Phi) is 3.10. The molecule has 1 aliphatic heterocycles. The molecule has 1 fully saturated rings. The second-order valence-corrected chi connectivity index (χ2v) is 3.42. The Hall–Kier alpha value is -0.940. The summed E-state index contributed by atoms with van der Waals surface area (Å²) in [6.07, 6.45) is 2.66. The Morgan fingerprint density at radius 3 is 3.36 bits per heavy atom. The molecule has 0 aromatic carbocycles. The van der Waals surface area contributed by atoms with Gasteiger partial charge in [0.1, 0.15) is 12.2 Å². The Bertz CT molecular complexity index is 280. The first kappa shape index (κ1) is 9.61. The molecule has 0 amide bonds. The summed E-state index contributed by atoms with van der Waals surface area (Å²) in [5, 5.41) is 7.49. The summed E-state index contributed by atoms with van der Waals surface area (Å²) in [4.78, 5) is 4.23. The summed E-state index contributed by atoms with van der Waals surface area (Å²) in [6, 6.07) is 0.381. The van der Waals surface area contributed by atoms with Crippen molar-refractivity contribution in [3.8, 4) is 0 Å². The Labute approximate surface area is 83.5 Å². The van der Waals surface area contributed by atoms with Crippen LogP contribution in [-0.2, 0) is 11.3 Å². The van der Waals surface area contributed by atoms with E-state index < -0.39 is 0 Å². The van der Waals surface area contributed by atoms with E-state index in [-0.39, 0.29) is 0 Å².